The number of fused-ring (bicyclic) bond motifs is 1. The van der Waals surface area contributed by atoms with Gasteiger partial charge in [-0.15, -0.1) is 0 Å². The molecular weight excluding hydrogens is 478 g/mol. The van der Waals surface area contributed by atoms with Gasteiger partial charge in [-0.25, -0.2) is 18.9 Å². The lowest BCUT2D eigenvalue weighted by Gasteiger charge is -2.10. The molecule has 0 bridgehead atoms. The first-order valence-electron chi connectivity index (χ1n) is 10.7. The number of halogens is 4. The summed E-state index contributed by atoms with van der Waals surface area (Å²) in [6.07, 6.45) is 0.895. The number of rotatable bonds is 6. The maximum Gasteiger partial charge on any atom is 0.416 e. The van der Waals surface area contributed by atoms with Crippen LogP contribution in [0.1, 0.15) is 16.7 Å². The quantitative estimate of drug-likeness (QED) is 0.327. The molecule has 2 N–H and O–H groups in total. The number of nitrogen functional groups attached to an aromatic ring is 1. The number of carbonyl (C=O) groups excluding carboxylic acids is 1. The molecule has 0 spiro atoms. The summed E-state index contributed by atoms with van der Waals surface area (Å²) in [4.78, 5) is 20.6. The molecule has 3 heterocycles. The Balaban J connectivity index is 1.41. The molecule has 0 saturated carbocycles. The summed E-state index contributed by atoms with van der Waals surface area (Å²) < 4.78 is 59.5. The van der Waals surface area contributed by atoms with Crippen LogP contribution in [-0.2, 0) is 23.8 Å². The van der Waals surface area contributed by atoms with Crippen molar-refractivity contribution in [1.82, 2.24) is 19.6 Å². The van der Waals surface area contributed by atoms with Gasteiger partial charge in [0.1, 0.15) is 23.4 Å². The Hall–Kier alpha value is -4.54. The first-order chi connectivity index (χ1) is 17.2. The van der Waals surface area contributed by atoms with Crippen molar-refractivity contribution in [2.45, 2.75) is 19.0 Å². The van der Waals surface area contributed by atoms with E-state index in [-0.39, 0.29) is 30.0 Å². The number of nitrogens with zero attached hydrogens (tertiary/aromatic N) is 4. The van der Waals surface area contributed by atoms with E-state index < -0.39 is 17.6 Å². The summed E-state index contributed by atoms with van der Waals surface area (Å²) in [6, 6.07) is 9.17. The zero-order valence-electron chi connectivity index (χ0n) is 18.5. The van der Waals surface area contributed by atoms with E-state index in [9.17, 15) is 22.4 Å². The lowest BCUT2D eigenvalue weighted by atomic mass is 9.97. The molecule has 0 aliphatic rings. The number of benzene rings is 2. The lowest BCUT2D eigenvalue weighted by molar-refractivity contribution is -0.137. The number of aromatic nitrogens is 4. The minimum Gasteiger partial charge on any atom is -0.443 e. The predicted octanol–water partition coefficient (Wildman–Crippen LogP) is 5.15. The van der Waals surface area contributed by atoms with Crippen LogP contribution >= 0.6 is 0 Å². The highest BCUT2D eigenvalue weighted by Crippen LogP contribution is 2.38. The summed E-state index contributed by atoms with van der Waals surface area (Å²) in [7, 11) is 0. The number of Topliss-reactive ketones (excluding diaryl/α,β-unsaturated/α-hetero) is 1. The molecule has 0 fully saturated rings. The fourth-order valence-electron chi connectivity index (χ4n) is 4.09. The van der Waals surface area contributed by atoms with Crippen molar-refractivity contribution in [2.24, 2.45) is 0 Å². The lowest BCUT2D eigenvalue weighted by Crippen LogP contribution is -2.10. The van der Waals surface area contributed by atoms with Crippen LogP contribution < -0.4 is 5.73 Å². The largest absolute Gasteiger partial charge is 0.443 e. The first-order valence-corrected chi connectivity index (χ1v) is 10.7. The Morgan fingerprint density at radius 2 is 1.81 bits per heavy atom. The van der Waals surface area contributed by atoms with Crippen molar-refractivity contribution in [2.75, 3.05) is 5.73 Å². The first kappa shape index (κ1) is 23.2. The van der Waals surface area contributed by atoms with Crippen LogP contribution in [0.15, 0.2) is 72.0 Å². The number of hydrogen-bond acceptors (Lipinski definition) is 6. The number of oxazole rings is 1. The van der Waals surface area contributed by atoms with Crippen LogP contribution in [0.2, 0.25) is 0 Å². The SMILES string of the molecule is Nc1ncnn2cc(-c3cnco3)c(-c3ccc(CC(=O)Cc4cc(F)cc(C(F)(F)F)c4)cc3)c12. The monoisotopic (exact) mass is 495 g/mol. The van der Waals surface area contributed by atoms with Gasteiger partial charge >= 0.3 is 6.18 Å². The Labute approximate surface area is 201 Å². The molecule has 0 atom stereocenters. The molecule has 0 saturated heterocycles. The van der Waals surface area contributed by atoms with E-state index in [1.165, 1.54) is 12.7 Å². The van der Waals surface area contributed by atoms with E-state index in [4.69, 9.17) is 10.2 Å². The smallest absolute Gasteiger partial charge is 0.416 e. The third-order valence-electron chi connectivity index (χ3n) is 5.63. The van der Waals surface area contributed by atoms with E-state index >= 15 is 0 Å². The molecule has 2 aromatic carbocycles. The zero-order chi connectivity index (χ0) is 25.4. The van der Waals surface area contributed by atoms with Crippen molar-refractivity contribution >= 4 is 17.1 Å². The van der Waals surface area contributed by atoms with Gasteiger partial charge in [-0.3, -0.25) is 4.79 Å². The van der Waals surface area contributed by atoms with Gasteiger partial charge in [0.15, 0.2) is 18.0 Å². The van der Waals surface area contributed by atoms with Crippen LogP contribution in [0.25, 0.3) is 28.0 Å². The third kappa shape index (κ3) is 4.54. The number of anilines is 1. The topological polar surface area (TPSA) is 99.3 Å². The molecule has 0 amide bonds. The third-order valence-corrected chi connectivity index (χ3v) is 5.63. The average Bonchev–Trinajstić information content (AvgIpc) is 3.47. The molecule has 0 unspecified atom stereocenters. The van der Waals surface area contributed by atoms with Crippen molar-refractivity contribution in [3.05, 3.63) is 90.1 Å². The second-order valence-electron chi connectivity index (χ2n) is 8.16. The Bertz CT molecular complexity index is 1560. The van der Waals surface area contributed by atoms with Crippen molar-refractivity contribution in [3.8, 4) is 22.5 Å². The summed E-state index contributed by atoms with van der Waals surface area (Å²) in [5.41, 5.74) is 8.33. The summed E-state index contributed by atoms with van der Waals surface area (Å²) in [5.74, 6) is -0.626. The van der Waals surface area contributed by atoms with Gasteiger partial charge in [-0.2, -0.15) is 18.3 Å². The predicted molar refractivity (Wildman–Crippen MR) is 122 cm³/mol. The van der Waals surface area contributed by atoms with Crippen LogP contribution in [0.4, 0.5) is 23.4 Å². The molecular formula is C25H17F4N5O2. The zero-order valence-corrected chi connectivity index (χ0v) is 18.5. The summed E-state index contributed by atoms with van der Waals surface area (Å²) >= 11 is 0. The highest BCUT2D eigenvalue weighted by molar-refractivity contribution is 5.97. The summed E-state index contributed by atoms with van der Waals surface area (Å²) in [5, 5.41) is 4.20. The van der Waals surface area contributed by atoms with Gasteiger partial charge in [-0.05, 0) is 34.9 Å². The van der Waals surface area contributed by atoms with Crippen LogP contribution in [-0.4, -0.2) is 25.4 Å². The number of nitrogens with two attached hydrogens (primary N) is 1. The van der Waals surface area contributed by atoms with Gasteiger partial charge in [0.05, 0.1) is 11.8 Å². The van der Waals surface area contributed by atoms with Gasteiger partial charge in [-0.1, -0.05) is 24.3 Å². The van der Waals surface area contributed by atoms with Crippen LogP contribution in [0, 0.1) is 5.82 Å². The molecule has 0 aliphatic carbocycles. The fraction of sp³-hybridized carbons (Fsp3) is 0.120. The molecule has 36 heavy (non-hydrogen) atoms. The van der Waals surface area contributed by atoms with Crippen molar-refractivity contribution in [3.63, 3.8) is 0 Å². The van der Waals surface area contributed by atoms with E-state index in [0.29, 0.717) is 34.0 Å². The minimum absolute atomic E-state index is 0.0311. The molecule has 5 aromatic rings. The van der Waals surface area contributed by atoms with E-state index in [1.807, 2.05) is 0 Å². The van der Waals surface area contributed by atoms with Gasteiger partial charge < -0.3 is 10.2 Å². The normalized spacial score (nSPS) is 11.8. The van der Waals surface area contributed by atoms with Crippen LogP contribution in [0.5, 0.6) is 0 Å². The maximum absolute atomic E-state index is 13.6. The second kappa shape index (κ2) is 8.91. The van der Waals surface area contributed by atoms with Gasteiger partial charge in [0.2, 0.25) is 0 Å². The van der Waals surface area contributed by atoms with E-state index in [0.717, 1.165) is 17.7 Å². The van der Waals surface area contributed by atoms with Crippen LogP contribution in [0.3, 0.4) is 0 Å². The fourth-order valence-corrected chi connectivity index (χ4v) is 4.09. The standard InChI is InChI=1S/C25H17F4N5O2/c26-18-6-15(5-17(9-18)25(27,28)29)8-19(35)7-14-1-3-16(4-2-14)22-20(21-10-31-13-36-21)11-34-23(22)24(30)32-12-33-34/h1-6,9-13H,7-8H2,(H2,30,32,33). The average molecular weight is 495 g/mol. The van der Waals surface area contributed by atoms with Crippen molar-refractivity contribution < 1.29 is 26.8 Å². The number of carbonyl (C=O) groups is 1. The maximum atomic E-state index is 13.6. The van der Waals surface area contributed by atoms with Gasteiger partial charge in [0.25, 0.3) is 0 Å². The second-order valence-corrected chi connectivity index (χ2v) is 8.16. The molecule has 7 nitrogen and oxygen atoms in total. The molecule has 0 radical (unpaired) electrons. The van der Waals surface area contributed by atoms with E-state index in [1.54, 1.807) is 41.2 Å². The highest BCUT2D eigenvalue weighted by atomic mass is 19.4. The molecule has 11 heteroatoms. The van der Waals surface area contributed by atoms with E-state index in [2.05, 4.69) is 15.1 Å². The molecule has 5 rings (SSSR count). The molecule has 3 aromatic heterocycles. The highest BCUT2D eigenvalue weighted by Gasteiger charge is 2.31. The Morgan fingerprint density at radius 3 is 2.50 bits per heavy atom. The number of ketones is 1. The number of hydrogen-bond donors (Lipinski definition) is 1. The molecule has 0 aliphatic heterocycles. The van der Waals surface area contributed by atoms with Crippen molar-refractivity contribution in [1.29, 1.82) is 0 Å². The summed E-state index contributed by atoms with van der Waals surface area (Å²) in [6.45, 7) is 0. The van der Waals surface area contributed by atoms with Gasteiger partial charge in [0, 0.05) is 30.2 Å². The number of alkyl halides is 3. The molecule has 182 valence electrons. The minimum atomic E-state index is -4.70. The Morgan fingerprint density at radius 1 is 1.06 bits per heavy atom. The Kier molecular flexibility index (Phi) is 5.75.